The van der Waals surface area contributed by atoms with Crippen LogP contribution in [-0.2, 0) is 0 Å². The number of hydrogen-bond donors (Lipinski definition) is 1. The topological polar surface area (TPSA) is 32.3 Å². The van der Waals surface area contributed by atoms with Crippen LogP contribution in [0.3, 0.4) is 0 Å². The van der Waals surface area contributed by atoms with Crippen molar-refractivity contribution in [3.8, 4) is 0 Å². The number of hydrogen-bond acceptors (Lipinski definition) is 2. The molecule has 1 unspecified atom stereocenters. The van der Waals surface area contributed by atoms with Gasteiger partial charge in [-0.3, -0.25) is 4.79 Å². The van der Waals surface area contributed by atoms with E-state index in [2.05, 4.69) is 5.32 Å². The van der Waals surface area contributed by atoms with Crippen molar-refractivity contribution in [3.63, 3.8) is 0 Å². The van der Waals surface area contributed by atoms with Crippen LogP contribution in [-0.4, -0.2) is 37.0 Å². The number of halogens is 2. The summed E-state index contributed by atoms with van der Waals surface area (Å²) in [5.41, 5.74) is 0.487. The zero-order chi connectivity index (χ0) is 13.1. The van der Waals surface area contributed by atoms with Crippen molar-refractivity contribution in [3.05, 3.63) is 33.8 Å². The lowest BCUT2D eigenvalue weighted by Crippen LogP contribution is -2.47. The summed E-state index contributed by atoms with van der Waals surface area (Å²) in [7, 11) is 1.92. The van der Waals surface area contributed by atoms with Gasteiger partial charge in [0.2, 0.25) is 0 Å². The van der Waals surface area contributed by atoms with Crippen LogP contribution < -0.4 is 5.32 Å². The molecule has 1 aromatic carbocycles. The number of carbonyl (C=O) groups is 1. The van der Waals surface area contributed by atoms with Gasteiger partial charge in [-0.1, -0.05) is 23.2 Å². The fourth-order valence-electron chi connectivity index (χ4n) is 2.23. The van der Waals surface area contributed by atoms with Crippen LogP contribution in [0.4, 0.5) is 0 Å². The van der Waals surface area contributed by atoms with E-state index < -0.39 is 0 Å². The number of piperidine rings is 1. The fraction of sp³-hybridized carbons (Fsp3) is 0.462. The van der Waals surface area contributed by atoms with E-state index in [-0.39, 0.29) is 5.91 Å². The van der Waals surface area contributed by atoms with Gasteiger partial charge >= 0.3 is 0 Å². The normalized spacial score (nSPS) is 19.9. The lowest BCUT2D eigenvalue weighted by Gasteiger charge is -2.32. The Morgan fingerprint density at radius 3 is 2.94 bits per heavy atom. The summed E-state index contributed by atoms with van der Waals surface area (Å²) >= 11 is 12.0. The average Bonchev–Trinajstić information content (AvgIpc) is 2.41. The van der Waals surface area contributed by atoms with E-state index in [4.69, 9.17) is 23.2 Å². The maximum atomic E-state index is 12.4. The van der Waals surface area contributed by atoms with Crippen LogP contribution >= 0.6 is 23.2 Å². The number of nitrogens with one attached hydrogen (secondary N) is 1. The van der Waals surface area contributed by atoms with Gasteiger partial charge in [0.05, 0.1) is 10.6 Å². The third-order valence-electron chi connectivity index (χ3n) is 3.28. The molecule has 1 atom stereocenters. The van der Waals surface area contributed by atoms with E-state index in [1.807, 2.05) is 11.9 Å². The lowest BCUT2D eigenvalue weighted by molar-refractivity contribution is 0.0698. The minimum Gasteiger partial charge on any atom is -0.337 e. The number of benzene rings is 1. The van der Waals surface area contributed by atoms with E-state index in [1.54, 1.807) is 18.2 Å². The molecule has 0 radical (unpaired) electrons. The van der Waals surface area contributed by atoms with Crippen molar-refractivity contribution in [2.24, 2.45) is 0 Å². The van der Waals surface area contributed by atoms with Gasteiger partial charge < -0.3 is 10.2 Å². The monoisotopic (exact) mass is 286 g/mol. The van der Waals surface area contributed by atoms with Gasteiger partial charge in [-0.25, -0.2) is 0 Å². The highest BCUT2D eigenvalue weighted by Crippen LogP contribution is 2.23. The average molecular weight is 287 g/mol. The van der Waals surface area contributed by atoms with Crippen LogP contribution in [0.5, 0.6) is 0 Å². The van der Waals surface area contributed by atoms with Crippen LogP contribution in [0, 0.1) is 0 Å². The van der Waals surface area contributed by atoms with Gasteiger partial charge in [0.25, 0.3) is 5.91 Å². The summed E-state index contributed by atoms with van der Waals surface area (Å²) in [4.78, 5) is 14.2. The first-order valence-corrected chi connectivity index (χ1v) is 6.79. The molecule has 1 fully saturated rings. The first-order valence-electron chi connectivity index (χ1n) is 6.03. The summed E-state index contributed by atoms with van der Waals surface area (Å²) in [6.45, 7) is 1.50. The second kappa shape index (κ2) is 5.91. The fourth-order valence-corrected chi connectivity index (χ4v) is 2.60. The van der Waals surface area contributed by atoms with E-state index in [0.717, 1.165) is 25.9 Å². The van der Waals surface area contributed by atoms with Crippen molar-refractivity contribution in [1.29, 1.82) is 0 Å². The molecule has 1 N–H and O–H groups in total. The largest absolute Gasteiger partial charge is 0.337 e. The van der Waals surface area contributed by atoms with E-state index in [9.17, 15) is 4.79 Å². The van der Waals surface area contributed by atoms with Gasteiger partial charge in [-0.2, -0.15) is 0 Å². The molecule has 1 heterocycles. The molecule has 1 amide bonds. The quantitative estimate of drug-likeness (QED) is 0.907. The van der Waals surface area contributed by atoms with Crippen molar-refractivity contribution >= 4 is 29.1 Å². The highest BCUT2D eigenvalue weighted by atomic mass is 35.5. The molecular weight excluding hydrogens is 271 g/mol. The van der Waals surface area contributed by atoms with Crippen molar-refractivity contribution < 1.29 is 4.79 Å². The minimum atomic E-state index is -0.0394. The van der Waals surface area contributed by atoms with E-state index in [0.29, 0.717) is 21.7 Å². The highest BCUT2D eigenvalue weighted by Gasteiger charge is 2.24. The first-order chi connectivity index (χ1) is 8.61. The molecule has 18 heavy (non-hydrogen) atoms. The molecule has 98 valence electrons. The Labute approximate surface area is 117 Å². The maximum Gasteiger partial charge on any atom is 0.255 e. The number of rotatable bonds is 2. The Kier molecular flexibility index (Phi) is 4.49. The second-order valence-corrected chi connectivity index (χ2v) is 5.35. The van der Waals surface area contributed by atoms with Crippen LogP contribution in [0.15, 0.2) is 18.2 Å². The number of amides is 1. The van der Waals surface area contributed by atoms with Gasteiger partial charge in [-0.05, 0) is 38.1 Å². The minimum absolute atomic E-state index is 0.0394. The number of likely N-dealkylation sites (tertiary alicyclic amines) is 1. The van der Waals surface area contributed by atoms with E-state index in [1.165, 1.54) is 0 Å². The van der Waals surface area contributed by atoms with Crippen LogP contribution in [0.2, 0.25) is 10.0 Å². The van der Waals surface area contributed by atoms with E-state index >= 15 is 0 Å². The van der Waals surface area contributed by atoms with Crippen molar-refractivity contribution in [2.45, 2.75) is 18.9 Å². The van der Waals surface area contributed by atoms with Crippen LogP contribution in [0.25, 0.3) is 0 Å². The molecule has 1 aliphatic rings. The summed E-state index contributed by atoms with van der Waals surface area (Å²) in [6.07, 6.45) is 2.11. The zero-order valence-electron chi connectivity index (χ0n) is 10.2. The molecule has 1 aromatic rings. The molecule has 3 nitrogen and oxygen atoms in total. The molecule has 0 aromatic heterocycles. The van der Waals surface area contributed by atoms with Crippen LogP contribution in [0.1, 0.15) is 23.2 Å². The highest BCUT2D eigenvalue weighted by molar-refractivity contribution is 6.35. The molecule has 0 bridgehead atoms. The Morgan fingerprint density at radius 1 is 1.44 bits per heavy atom. The van der Waals surface area contributed by atoms with Crippen molar-refractivity contribution in [2.75, 3.05) is 20.1 Å². The number of likely N-dealkylation sites (N-methyl/N-ethyl adjacent to an activating group) is 1. The molecule has 2 rings (SSSR count). The Balaban J connectivity index is 2.17. The Hall–Kier alpha value is -0.770. The van der Waals surface area contributed by atoms with Gasteiger partial charge in [0, 0.05) is 24.2 Å². The molecular formula is C13H16Cl2N2O. The number of carbonyl (C=O) groups excluding carboxylic acids is 1. The maximum absolute atomic E-state index is 12.4. The molecule has 0 saturated carbocycles. The predicted octanol–water partition coefficient (Wildman–Crippen LogP) is 2.82. The predicted molar refractivity (Wildman–Crippen MR) is 74.4 cm³/mol. The zero-order valence-corrected chi connectivity index (χ0v) is 11.8. The van der Waals surface area contributed by atoms with Gasteiger partial charge in [0.1, 0.15) is 0 Å². The Bertz CT molecular complexity index is 451. The Morgan fingerprint density at radius 2 is 2.22 bits per heavy atom. The molecule has 0 spiro atoms. The third kappa shape index (κ3) is 2.97. The number of nitrogens with zero attached hydrogens (tertiary/aromatic N) is 1. The smallest absolute Gasteiger partial charge is 0.255 e. The molecule has 0 aliphatic carbocycles. The molecule has 5 heteroatoms. The van der Waals surface area contributed by atoms with Gasteiger partial charge in [-0.15, -0.1) is 0 Å². The van der Waals surface area contributed by atoms with Crippen molar-refractivity contribution in [1.82, 2.24) is 10.2 Å². The van der Waals surface area contributed by atoms with Gasteiger partial charge in [0.15, 0.2) is 0 Å². The first kappa shape index (κ1) is 13.7. The SMILES string of the molecule is CNC1CCCN(C(=O)c2cc(Cl)ccc2Cl)C1. The summed E-state index contributed by atoms with van der Waals surface area (Å²) < 4.78 is 0. The summed E-state index contributed by atoms with van der Waals surface area (Å²) in [5.74, 6) is -0.0394. The second-order valence-electron chi connectivity index (χ2n) is 4.50. The third-order valence-corrected chi connectivity index (χ3v) is 3.84. The standard InChI is InChI=1S/C13H16Cl2N2O/c1-16-10-3-2-6-17(8-10)13(18)11-7-9(14)4-5-12(11)15/h4-5,7,10,16H,2-3,6,8H2,1H3. The summed E-state index contributed by atoms with van der Waals surface area (Å²) in [5, 5.41) is 4.20. The lowest BCUT2D eigenvalue weighted by atomic mass is 10.0. The summed E-state index contributed by atoms with van der Waals surface area (Å²) in [6, 6.07) is 5.35. The molecule has 1 saturated heterocycles. The molecule has 1 aliphatic heterocycles.